The van der Waals surface area contributed by atoms with E-state index >= 15 is 0 Å². The number of hydrogen-bond acceptors (Lipinski definition) is 3. The minimum atomic E-state index is 0.0557. The monoisotopic (exact) mass is 264 g/mol. The van der Waals surface area contributed by atoms with Crippen molar-refractivity contribution in [3.8, 4) is 0 Å². The molecule has 1 amide bonds. The van der Waals surface area contributed by atoms with Crippen LogP contribution in [0.4, 0.5) is 5.69 Å². The zero-order chi connectivity index (χ0) is 13.8. The Balaban J connectivity index is 1.81. The predicted molar refractivity (Wildman–Crippen MR) is 77.0 cm³/mol. The van der Waals surface area contributed by atoms with Crippen molar-refractivity contribution in [1.29, 1.82) is 0 Å². The number of carbonyl (C=O) groups excluding carboxylic acids is 1. The smallest absolute Gasteiger partial charge is 0.270 e. The number of piperazine rings is 1. The molecule has 1 aromatic heterocycles. The van der Waals surface area contributed by atoms with Gasteiger partial charge in [0.05, 0.1) is 0 Å². The van der Waals surface area contributed by atoms with E-state index in [-0.39, 0.29) is 5.91 Å². The second-order valence-corrected chi connectivity index (χ2v) is 5.66. The fraction of sp³-hybridized carbons (Fsp3) is 0.643. The number of anilines is 1. The van der Waals surface area contributed by atoms with Crippen LogP contribution in [0.25, 0.3) is 0 Å². The second kappa shape index (κ2) is 6.10. The minimum absolute atomic E-state index is 0.0557. The molecule has 1 aliphatic rings. The van der Waals surface area contributed by atoms with Crippen molar-refractivity contribution in [2.45, 2.75) is 20.3 Å². The summed E-state index contributed by atoms with van der Waals surface area (Å²) >= 11 is 0. The number of carbonyl (C=O) groups is 1. The molecule has 1 aliphatic heterocycles. The van der Waals surface area contributed by atoms with Gasteiger partial charge in [0.1, 0.15) is 5.69 Å². The zero-order valence-corrected chi connectivity index (χ0v) is 11.9. The van der Waals surface area contributed by atoms with Gasteiger partial charge in [-0.2, -0.15) is 0 Å². The number of aromatic amines is 1. The number of rotatable bonds is 4. The van der Waals surface area contributed by atoms with E-state index < -0.39 is 0 Å². The summed E-state index contributed by atoms with van der Waals surface area (Å²) in [5.41, 5.74) is 6.83. The summed E-state index contributed by atoms with van der Waals surface area (Å²) in [6.07, 6.45) is 2.88. The molecule has 0 spiro atoms. The molecular weight excluding hydrogens is 240 g/mol. The van der Waals surface area contributed by atoms with E-state index in [0.717, 1.165) is 38.6 Å². The molecule has 2 heterocycles. The number of nitrogens with zero attached hydrogens (tertiary/aromatic N) is 2. The number of nitrogens with one attached hydrogen (secondary N) is 1. The van der Waals surface area contributed by atoms with Crippen LogP contribution < -0.4 is 5.73 Å². The summed E-state index contributed by atoms with van der Waals surface area (Å²) in [5, 5.41) is 0. The van der Waals surface area contributed by atoms with Crippen molar-refractivity contribution < 1.29 is 4.79 Å². The third-order valence-electron chi connectivity index (χ3n) is 3.62. The van der Waals surface area contributed by atoms with Crippen molar-refractivity contribution in [2.24, 2.45) is 5.92 Å². The van der Waals surface area contributed by atoms with Crippen LogP contribution in [-0.2, 0) is 0 Å². The minimum Gasteiger partial charge on any atom is -0.397 e. The normalized spacial score (nSPS) is 17.1. The van der Waals surface area contributed by atoms with Crippen LogP contribution in [0, 0.1) is 5.92 Å². The first-order valence-electron chi connectivity index (χ1n) is 7.02. The Bertz CT molecular complexity index is 419. The van der Waals surface area contributed by atoms with Gasteiger partial charge in [-0.1, -0.05) is 13.8 Å². The third-order valence-corrected chi connectivity index (χ3v) is 3.62. The maximum atomic E-state index is 12.2. The highest BCUT2D eigenvalue weighted by molar-refractivity contribution is 5.93. The molecule has 1 saturated heterocycles. The molecule has 1 fully saturated rings. The van der Waals surface area contributed by atoms with Gasteiger partial charge in [-0.3, -0.25) is 9.69 Å². The highest BCUT2D eigenvalue weighted by atomic mass is 16.2. The lowest BCUT2D eigenvalue weighted by Gasteiger charge is -2.34. The van der Waals surface area contributed by atoms with Gasteiger partial charge in [0.2, 0.25) is 0 Å². The number of aromatic nitrogens is 1. The van der Waals surface area contributed by atoms with Gasteiger partial charge < -0.3 is 15.6 Å². The average Bonchev–Trinajstić information content (AvgIpc) is 2.83. The molecule has 5 heteroatoms. The number of nitrogens with two attached hydrogens (primary N) is 1. The van der Waals surface area contributed by atoms with Crippen LogP contribution in [0.2, 0.25) is 0 Å². The molecule has 2 rings (SSSR count). The van der Waals surface area contributed by atoms with Crippen molar-refractivity contribution >= 4 is 11.6 Å². The van der Waals surface area contributed by atoms with Crippen molar-refractivity contribution in [3.63, 3.8) is 0 Å². The van der Waals surface area contributed by atoms with Crippen LogP contribution in [0.15, 0.2) is 12.3 Å². The molecule has 0 aliphatic carbocycles. The van der Waals surface area contributed by atoms with E-state index in [4.69, 9.17) is 5.73 Å². The quantitative estimate of drug-likeness (QED) is 0.864. The molecule has 1 aromatic rings. The first-order chi connectivity index (χ1) is 9.06. The first-order valence-corrected chi connectivity index (χ1v) is 7.02. The van der Waals surface area contributed by atoms with Crippen LogP contribution in [-0.4, -0.2) is 53.4 Å². The van der Waals surface area contributed by atoms with Gasteiger partial charge in [0.25, 0.3) is 5.91 Å². The van der Waals surface area contributed by atoms with Gasteiger partial charge in [-0.25, -0.2) is 0 Å². The van der Waals surface area contributed by atoms with Crippen LogP contribution in [0.5, 0.6) is 0 Å². The largest absolute Gasteiger partial charge is 0.397 e. The number of H-pyrrole nitrogens is 1. The molecule has 3 N–H and O–H groups in total. The molecule has 5 nitrogen and oxygen atoms in total. The van der Waals surface area contributed by atoms with Gasteiger partial charge >= 0.3 is 0 Å². The van der Waals surface area contributed by atoms with Gasteiger partial charge in [-0.05, 0) is 24.9 Å². The number of hydrogen-bond donors (Lipinski definition) is 2. The fourth-order valence-electron chi connectivity index (χ4n) is 2.32. The molecule has 106 valence electrons. The Morgan fingerprint density at radius 3 is 2.58 bits per heavy atom. The fourth-order valence-corrected chi connectivity index (χ4v) is 2.32. The Morgan fingerprint density at radius 2 is 2.05 bits per heavy atom. The summed E-state index contributed by atoms with van der Waals surface area (Å²) in [5.74, 6) is 0.793. The van der Waals surface area contributed by atoms with Gasteiger partial charge in [0.15, 0.2) is 0 Å². The van der Waals surface area contributed by atoms with E-state index in [0.29, 0.717) is 11.4 Å². The molecule has 0 bridgehead atoms. The second-order valence-electron chi connectivity index (χ2n) is 5.66. The Labute approximate surface area is 114 Å². The Hall–Kier alpha value is -1.49. The van der Waals surface area contributed by atoms with Crippen LogP contribution in [0.3, 0.4) is 0 Å². The summed E-state index contributed by atoms with van der Waals surface area (Å²) < 4.78 is 0. The first kappa shape index (κ1) is 13.9. The van der Waals surface area contributed by atoms with E-state index in [1.54, 1.807) is 12.3 Å². The van der Waals surface area contributed by atoms with E-state index in [2.05, 4.69) is 23.7 Å². The highest BCUT2D eigenvalue weighted by Gasteiger charge is 2.22. The van der Waals surface area contributed by atoms with Crippen molar-refractivity contribution in [1.82, 2.24) is 14.8 Å². The van der Waals surface area contributed by atoms with Crippen LogP contribution in [0.1, 0.15) is 30.8 Å². The summed E-state index contributed by atoms with van der Waals surface area (Å²) in [6.45, 7) is 9.16. The maximum Gasteiger partial charge on any atom is 0.270 e. The summed E-state index contributed by atoms with van der Waals surface area (Å²) in [6, 6.07) is 1.70. The lowest BCUT2D eigenvalue weighted by atomic mass is 10.1. The van der Waals surface area contributed by atoms with E-state index in [1.807, 2.05) is 4.90 Å². The molecule has 0 unspecified atom stereocenters. The lowest BCUT2D eigenvalue weighted by molar-refractivity contribution is 0.0627. The maximum absolute atomic E-state index is 12.2. The summed E-state index contributed by atoms with van der Waals surface area (Å²) in [4.78, 5) is 19.5. The molecule has 0 aromatic carbocycles. The molecular formula is C14H24N4O. The molecule has 0 saturated carbocycles. The topological polar surface area (TPSA) is 65.4 Å². The summed E-state index contributed by atoms with van der Waals surface area (Å²) in [7, 11) is 0. The Morgan fingerprint density at radius 1 is 1.37 bits per heavy atom. The van der Waals surface area contributed by atoms with Gasteiger partial charge in [-0.15, -0.1) is 0 Å². The van der Waals surface area contributed by atoms with Crippen molar-refractivity contribution in [2.75, 3.05) is 38.5 Å². The third kappa shape index (κ3) is 3.73. The zero-order valence-electron chi connectivity index (χ0n) is 11.9. The average molecular weight is 264 g/mol. The lowest BCUT2D eigenvalue weighted by Crippen LogP contribution is -2.49. The van der Waals surface area contributed by atoms with E-state index in [1.165, 1.54) is 6.42 Å². The Kier molecular flexibility index (Phi) is 4.47. The highest BCUT2D eigenvalue weighted by Crippen LogP contribution is 2.11. The molecule has 0 radical (unpaired) electrons. The van der Waals surface area contributed by atoms with E-state index in [9.17, 15) is 4.79 Å². The molecule has 0 atom stereocenters. The SMILES string of the molecule is CC(C)CCN1CCN(C(=O)c2cc(N)c[nH]2)CC1. The molecule has 19 heavy (non-hydrogen) atoms. The number of nitrogen functional groups attached to an aromatic ring is 1. The number of amides is 1. The van der Waals surface area contributed by atoms with Crippen LogP contribution >= 0.6 is 0 Å². The standard InChI is InChI=1S/C14H24N4O/c1-11(2)3-4-17-5-7-18(8-6-17)14(19)13-9-12(15)10-16-13/h9-11,16H,3-8,15H2,1-2H3. The van der Waals surface area contributed by atoms with Crippen molar-refractivity contribution in [3.05, 3.63) is 18.0 Å². The van der Waals surface area contributed by atoms with Gasteiger partial charge in [0, 0.05) is 38.1 Å². The predicted octanol–water partition coefficient (Wildman–Crippen LogP) is 1.40.